The van der Waals surface area contributed by atoms with Crippen LogP contribution in [0.5, 0.6) is 0 Å². The molecular weight excluding hydrogens is 478 g/mol. The number of anilines is 2. The molecule has 178 valence electrons. The summed E-state index contributed by atoms with van der Waals surface area (Å²) in [6.45, 7) is 6.49. The molecule has 2 aromatic carbocycles. The number of ether oxygens (including phenoxy) is 1. The Hall–Kier alpha value is -3.21. The third-order valence-corrected chi connectivity index (χ3v) is 5.93. The number of nitrogens with zero attached hydrogens (tertiary/aromatic N) is 3. The lowest BCUT2D eigenvalue weighted by Crippen LogP contribution is -2.33. The lowest BCUT2D eigenvalue weighted by Gasteiger charge is -2.19. The number of esters is 1. The van der Waals surface area contributed by atoms with Crippen molar-refractivity contribution in [3.05, 3.63) is 47.0 Å². The van der Waals surface area contributed by atoms with Crippen molar-refractivity contribution in [2.24, 2.45) is 0 Å². The molecule has 3 N–H and O–H groups in total. The van der Waals surface area contributed by atoms with Gasteiger partial charge in [0.25, 0.3) is 0 Å². The topological polar surface area (TPSA) is 118 Å². The van der Waals surface area contributed by atoms with Crippen LogP contribution >= 0.6 is 22.9 Å². The Morgan fingerprint density at radius 3 is 2.68 bits per heavy atom. The standard InChI is InChI=1S/C23H24ClN5O4S/c1-23(2,3)33-19(30)12-25-8-9-29-17-7-4-13(20(31)32)10-16(17)26-21(29)28-22-27-15-6-5-14(24)11-18(15)34-22/h4-7,10-11,25H,8-9,12H2,1-3H3,(H,31,32)(H,26,27,28). The second-order valence-corrected chi connectivity index (χ2v) is 10.1. The van der Waals surface area contributed by atoms with Gasteiger partial charge in [-0.15, -0.1) is 0 Å². The number of aromatic nitrogens is 3. The largest absolute Gasteiger partial charge is 0.478 e. The summed E-state index contributed by atoms with van der Waals surface area (Å²) < 4.78 is 8.17. The first-order chi connectivity index (χ1) is 16.1. The molecule has 0 aliphatic heterocycles. The zero-order chi connectivity index (χ0) is 24.5. The Morgan fingerprint density at radius 1 is 1.15 bits per heavy atom. The van der Waals surface area contributed by atoms with Crippen LogP contribution < -0.4 is 10.6 Å². The highest BCUT2D eigenvalue weighted by molar-refractivity contribution is 7.22. The predicted molar refractivity (Wildman–Crippen MR) is 133 cm³/mol. The normalized spacial score (nSPS) is 11.8. The summed E-state index contributed by atoms with van der Waals surface area (Å²) in [5, 5.41) is 16.9. The Bertz CT molecular complexity index is 1380. The summed E-state index contributed by atoms with van der Waals surface area (Å²) in [7, 11) is 0. The number of hydrogen-bond donors (Lipinski definition) is 3. The van der Waals surface area contributed by atoms with E-state index < -0.39 is 11.6 Å². The molecule has 0 radical (unpaired) electrons. The van der Waals surface area contributed by atoms with E-state index in [0.717, 1.165) is 15.7 Å². The summed E-state index contributed by atoms with van der Waals surface area (Å²) >= 11 is 7.53. The van der Waals surface area contributed by atoms with Gasteiger partial charge in [-0.2, -0.15) is 0 Å². The number of hydrogen-bond acceptors (Lipinski definition) is 8. The molecule has 0 atom stereocenters. The van der Waals surface area contributed by atoms with Crippen LogP contribution in [-0.4, -0.2) is 50.3 Å². The van der Waals surface area contributed by atoms with Gasteiger partial charge in [0, 0.05) is 18.1 Å². The molecule has 9 nitrogen and oxygen atoms in total. The number of carbonyl (C=O) groups is 2. The van der Waals surface area contributed by atoms with Gasteiger partial charge in [0.2, 0.25) is 5.95 Å². The zero-order valence-corrected chi connectivity index (χ0v) is 20.5. The molecule has 0 amide bonds. The summed E-state index contributed by atoms with van der Waals surface area (Å²) in [6.07, 6.45) is 0. The van der Waals surface area contributed by atoms with Gasteiger partial charge in [-0.25, -0.2) is 14.8 Å². The quantitative estimate of drug-likeness (QED) is 0.235. The molecule has 0 saturated carbocycles. The lowest BCUT2D eigenvalue weighted by atomic mass is 10.2. The minimum Gasteiger partial charge on any atom is -0.478 e. The van der Waals surface area contributed by atoms with Gasteiger partial charge in [-0.3, -0.25) is 4.79 Å². The first-order valence-electron chi connectivity index (χ1n) is 10.6. The average Bonchev–Trinajstić information content (AvgIpc) is 3.29. The third kappa shape index (κ3) is 5.64. The van der Waals surface area contributed by atoms with Gasteiger partial charge in [0.05, 0.1) is 33.4 Å². The summed E-state index contributed by atoms with van der Waals surface area (Å²) in [6, 6.07) is 10.3. The van der Waals surface area contributed by atoms with Crippen LogP contribution in [0.4, 0.5) is 11.1 Å². The first kappa shape index (κ1) is 23.9. The lowest BCUT2D eigenvalue weighted by molar-refractivity contribution is -0.153. The van der Waals surface area contributed by atoms with Crippen LogP contribution in [0.25, 0.3) is 21.3 Å². The highest BCUT2D eigenvalue weighted by atomic mass is 35.5. The molecule has 0 aliphatic rings. The number of carboxylic acid groups (broad SMARTS) is 1. The van der Waals surface area contributed by atoms with E-state index in [1.165, 1.54) is 17.4 Å². The number of carboxylic acids is 1. The van der Waals surface area contributed by atoms with Crippen LogP contribution in [0.2, 0.25) is 5.02 Å². The number of rotatable bonds is 8. The molecule has 0 spiro atoms. The van der Waals surface area contributed by atoms with Crippen molar-refractivity contribution in [3.63, 3.8) is 0 Å². The van der Waals surface area contributed by atoms with Gasteiger partial charge in [-0.05, 0) is 57.2 Å². The second-order valence-electron chi connectivity index (χ2n) is 8.61. The molecule has 4 aromatic rings. The second kappa shape index (κ2) is 9.57. The monoisotopic (exact) mass is 501 g/mol. The van der Waals surface area contributed by atoms with E-state index in [1.807, 2.05) is 37.5 Å². The fourth-order valence-electron chi connectivity index (χ4n) is 3.39. The van der Waals surface area contributed by atoms with Crippen molar-refractivity contribution in [3.8, 4) is 0 Å². The molecule has 2 heterocycles. The number of aromatic carboxylic acids is 1. The number of benzene rings is 2. The van der Waals surface area contributed by atoms with Crippen LogP contribution in [0.15, 0.2) is 36.4 Å². The zero-order valence-electron chi connectivity index (χ0n) is 18.9. The van der Waals surface area contributed by atoms with Crippen molar-refractivity contribution < 1.29 is 19.4 Å². The van der Waals surface area contributed by atoms with Crippen LogP contribution in [0.3, 0.4) is 0 Å². The van der Waals surface area contributed by atoms with Gasteiger partial charge in [0.15, 0.2) is 5.13 Å². The molecule has 0 saturated heterocycles. The maximum absolute atomic E-state index is 12.0. The van der Waals surface area contributed by atoms with E-state index in [2.05, 4.69) is 20.6 Å². The van der Waals surface area contributed by atoms with E-state index in [4.69, 9.17) is 16.3 Å². The van der Waals surface area contributed by atoms with E-state index in [-0.39, 0.29) is 18.1 Å². The van der Waals surface area contributed by atoms with E-state index in [0.29, 0.717) is 34.7 Å². The van der Waals surface area contributed by atoms with Gasteiger partial charge < -0.3 is 25.0 Å². The predicted octanol–water partition coefficient (Wildman–Crippen LogP) is 4.67. The van der Waals surface area contributed by atoms with Crippen LogP contribution in [0.1, 0.15) is 31.1 Å². The molecule has 0 fully saturated rings. The van der Waals surface area contributed by atoms with Gasteiger partial charge >= 0.3 is 11.9 Å². The molecule has 4 rings (SSSR count). The van der Waals surface area contributed by atoms with E-state index in [9.17, 15) is 14.7 Å². The fourth-order valence-corrected chi connectivity index (χ4v) is 4.53. The Labute approximate surface area is 204 Å². The van der Waals surface area contributed by atoms with Crippen molar-refractivity contribution in [2.75, 3.05) is 18.4 Å². The molecule has 0 bridgehead atoms. The molecule has 0 unspecified atom stereocenters. The van der Waals surface area contributed by atoms with Crippen LogP contribution in [-0.2, 0) is 16.1 Å². The minimum atomic E-state index is -1.02. The van der Waals surface area contributed by atoms with Gasteiger partial charge in [-0.1, -0.05) is 22.9 Å². The molecule has 34 heavy (non-hydrogen) atoms. The molecular formula is C23H24ClN5O4S. The molecule has 2 aromatic heterocycles. The van der Waals surface area contributed by atoms with Crippen molar-refractivity contribution in [2.45, 2.75) is 32.9 Å². The Balaban J connectivity index is 1.57. The summed E-state index contributed by atoms with van der Waals surface area (Å²) in [4.78, 5) is 32.6. The molecule has 0 aliphatic carbocycles. The van der Waals surface area contributed by atoms with Crippen molar-refractivity contribution >= 4 is 67.2 Å². The number of halogens is 1. The fraction of sp³-hybridized carbons (Fsp3) is 0.304. The summed E-state index contributed by atoms with van der Waals surface area (Å²) in [5.74, 6) is -0.838. The van der Waals surface area contributed by atoms with E-state index in [1.54, 1.807) is 18.2 Å². The van der Waals surface area contributed by atoms with Crippen molar-refractivity contribution in [1.29, 1.82) is 0 Å². The highest BCUT2D eigenvalue weighted by Gasteiger charge is 2.17. The average molecular weight is 502 g/mol. The van der Waals surface area contributed by atoms with Crippen LogP contribution in [0, 0.1) is 0 Å². The Kier molecular flexibility index (Phi) is 6.74. The highest BCUT2D eigenvalue weighted by Crippen LogP contribution is 2.31. The number of thiazole rings is 1. The first-order valence-corrected chi connectivity index (χ1v) is 11.8. The van der Waals surface area contributed by atoms with Gasteiger partial charge in [0.1, 0.15) is 5.60 Å². The Morgan fingerprint density at radius 2 is 1.94 bits per heavy atom. The number of carbonyl (C=O) groups excluding carboxylic acids is 1. The number of fused-ring (bicyclic) bond motifs is 2. The van der Waals surface area contributed by atoms with Crippen molar-refractivity contribution in [1.82, 2.24) is 19.9 Å². The number of imidazole rings is 1. The maximum Gasteiger partial charge on any atom is 0.335 e. The molecule has 11 heteroatoms. The van der Waals surface area contributed by atoms with E-state index >= 15 is 0 Å². The SMILES string of the molecule is CC(C)(C)OC(=O)CNCCn1c(Nc2nc3ccc(Cl)cc3s2)nc2cc(C(=O)O)ccc21. The minimum absolute atomic E-state index is 0.0778. The smallest absolute Gasteiger partial charge is 0.335 e. The summed E-state index contributed by atoms with van der Waals surface area (Å²) in [5.41, 5.74) is 1.72. The third-order valence-electron chi connectivity index (χ3n) is 4.77. The maximum atomic E-state index is 12.0. The number of nitrogens with one attached hydrogen (secondary N) is 2.